The van der Waals surface area contributed by atoms with E-state index in [4.69, 9.17) is 9.47 Å². The average Bonchev–Trinajstić information content (AvgIpc) is 3.00. The van der Waals surface area contributed by atoms with E-state index in [-0.39, 0.29) is 17.8 Å². The van der Waals surface area contributed by atoms with Crippen LogP contribution in [-0.2, 0) is 9.53 Å². The van der Waals surface area contributed by atoms with Crippen molar-refractivity contribution >= 4 is 21.8 Å². The molecule has 1 fully saturated rings. The van der Waals surface area contributed by atoms with E-state index in [2.05, 4.69) is 15.9 Å². The van der Waals surface area contributed by atoms with E-state index in [1.165, 1.54) is 18.2 Å². The topological polar surface area (TPSA) is 38.8 Å². The number of ether oxygens (including phenoxy) is 2. The van der Waals surface area contributed by atoms with E-state index in [0.717, 1.165) is 19.4 Å². The summed E-state index contributed by atoms with van der Waals surface area (Å²) in [6.45, 7) is 5.61. The molecule has 1 aliphatic heterocycles. The molecule has 0 N–H and O–H groups in total. The van der Waals surface area contributed by atoms with Gasteiger partial charge >= 0.3 is 0 Å². The van der Waals surface area contributed by atoms with E-state index >= 15 is 0 Å². The number of hydrogen-bond donors (Lipinski definition) is 0. The van der Waals surface area contributed by atoms with Gasteiger partial charge in [0.05, 0.1) is 10.6 Å². The van der Waals surface area contributed by atoms with Crippen LogP contribution in [0.5, 0.6) is 5.75 Å². The van der Waals surface area contributed by atoms with Crippen molar-refractivity contribution in [1.82, 2.24) is 4.90 Å². The van der Waals surface area contributed by atoms with Crippen molar-refractivity contribution in [2.24, 2.45) is 0 Å². The second-order valence-corrected chi connectivity index (χ2v) is 6.20. The molecule has 0 radical (unpaired) electrons. The van der Waals surface area contributed by atoms with Crippen molar-refractivity contribution < 1.29 is 18.7 Å². The summed E-state index contributed by atoms with van der Waals surface area (Å²) in [6, 6.07) is 4.14. The maximum Gasteiger partial charge on any atom is 0.263 e. The van der Waals surface area contributed by atoms with Gasteiger partial charge in [0.2, 0.25) is 0 Å². The highest BCUT2D eigenvalue weighted by Crippen LogP contribution is 2.26. The number of benzene rings is 1. The fraction of sp³-hybridized carbons (Fsp3) is 0.562. The first kappa shape index (κ1) is 17.2. The van der Waals surface area contributed by atoms with Crippen molar-refractivity contribution in [3.05, 3.63) is 28.5 Å². The smallest absolute Gasteiger partial charge is 0.263 e. The minimum atomic E-state index is -0.636. The number of carbonyl (C=O) groups excluding carboxylic acids is 1. The van der Waals surface area contributed by atoms with Crippen molar-refractivity contribution in [2.45, 2.75) is 38.9 Å². The summed E-state index contributed by atoms with van der Waals surface area (Å²) in [7, 11) is 0. The molecular weight excluding hydrogens is 353 g/mol. The molecule has 1 heterocycles. The van der Waals surface area contributed by atoms with Gasteiger partial charge in [-0.2, -0.15) is 0 Å². The summed E-state index contributed by atoms with van der Waals surface area (Å²) in [5.41, 5.74) is 0. The summed E-state index contributed by atoms with van der Waals surface area (Å²) >= 11 is 3.24. The second-order valence-electron chi connectivity index (χ2n) is 5.35. The Bertz CT molecular complexity index is 520. The zero-order valence-electron chi connectivity index (χ0n) is 12.9. The van der Waals surface area contributed by atoms with Gasteiger partial charge in [-0.15, -0.1) is 0 Å². The summed E-state index contributed by atoms with van der Waals surface area (Å²) in [5, 5.41) is 0. The lowest BCUT2D eigenvalue weighted by molar-refractivity contribution is -0.139. The van der Waals surface area contributed by atoms with E-state index < -0.39 is 6.10 Å². The normalized spacial score (nSPS) is 19.0. The number of rotatable bonds is 6. The number of nitrogens with zero attached hydrogens (tertiary/aromatic N) is 1. The second kappa shape index (κ2) is 7.92. The molecule has 22 heavy (non-hydrogen) atoms. The number of hydrogen-bond acceptors (Lipinski definition) is 3. The predicted molar refractivity (Wildman–Crippen MR) is 85.4 cm³/mol. The van der Waals surface area contributed by atoms with Gasteiger partial charge in [0.1, 0.15) is 11.6 Å². The van der Waals surface area contributed by atoms with Crippen LogP contribution in [-0.4, -0.2) is 42.7 Å². The highest BCUT2D eigenvalue weighted by atomic mass is 79.9. The monoisotopic (exact) mass is 373 g/mol. The molecule has 1 amide bonds. The molecule has 0 saturated carbocycles. The van der Waals surface area contributed by atoms with Crippen LogP contribution in [0, 0.1) is 5.82 Å². The van der Waals surface area contributed by atoms with E-state index in [0.29, 0.717) is 23.3 Å². The molecule has 1 aromatic rings. The standard InChI is InChI=1S/C16H21BrFNO3/c1-3-19(10-13-5-4-8-21-13)16(20)11(2)22-15-7-6-12(18)9-14(15)17/h6-7,9,11,13H,3-5,8,10H2,1-2H3. The van der Waals surface area contributed by atoms with Gasteiger partial charge in [0.25, 0.3) is 5.91 Å². The molecule has 0 aromatic heterocycles. The molecule has 0 aliphatic carbocycles. The summed E-state index contributed by atoms with van der Waals surface area (Å²) in [5.74, 6) is 0.0106. The molecule has 0 spiro atoms. The Kier molecular flexibility index (Phi) is 6.20. The SMILES string of the molecule is CCN(CC1CCCO1)C(=O)C(C)Oc1ccc(F)cc1Br. The van der Waals surface area contributed by atoms with Gasteiger partial charge in [0.15, 0.2) is 6.10 Å². The predicted octanol–water partition coefficient (Wildman–Crippen LogP) is 3.38. The minimum absolute atomic E-state index is 0.0887. The van der Waals surface area contributed by atoms with Gasteiger partial charge in [-0.1, -0.05) is 0 Å². The summed E-state index contributed by atoms with van der Waals surface area (Å²) < 4.78 is 24.8. The maximum absolute atomic E-state index is 13.1. The molecule has 2 unspecified atom stereocenters. The Hall–Kier alpha value is -1.14. The molecule has 1 aliphatic rings. The number of amides is 1. The Labute approximate surface area is 138 Å². The Morgan fingerprint density at radius 3 is 2.95 bits per heavy atom. The van der Waals surface area contributed by atoms with Crippen molar-refractivity contribution in [1.29, 1.82) is 0 Å². The molecule has 122 valence electrons. The highest BCUT2D eigenvalue weighted by Gasteiger charge is 2.26. The van der Waals surface area contributed by atoms with Gasteiger partial charge in [0, 0.05) is 19.7 Å². The summed E-state index contributed by atoms with van der Waals surface area (Å²) in [4.78, 5) is 14.2. The number of likely N-dealkylation sites (N-methyl/N-ethyl adjacent to an activating group) is 1. The van der Waals surface area contributed by atoms with Gasteiger partial charge in [-0.3, -0.25) is 4.79 Å². The first-order valence-corrected chi connectivity index (χ1v) is 8.32. The maximum atomic E-state index is 13.1. The van der Waals surface area contributed by atoms with E-state index in [9.17, 15) is 9.18 Å². The van der Waals surface area contributed by atoms with Crippen LogP contribution in [0.4, 0.5) is 4.39 Å². The molecular formula is C16H21BrFNO3. The number of carbonyl (C=O) groups is 1. The lowest BCUT2D eigenvalue weighted by Gasteiger charge is -2.27. The molecule has 1 aromatic carbocycles. The van der Waals surface area contributed by atoms with Crippen LogP contribution >= 0.6 is 15.9 Å². The zero-order valence-corrected chi connectivity index (χ0v) is 14.4. The average molecular weight is 374 g/mol. The lowest BCUT2D eigenvalue weighted by Crippen LogP contribution is -2.44. The first-order chi connectivity index (χ1) is 10.5. The fourth-order valence-electron chi connectivity index (χ4n) is 2.48. The van der Waals surface area contributed by atoms with Gasteiger partial charge < -0.3 is 14.4 Å². The fourth-order valence-corrected chi connectivity index (χ4v) is 2.92. The Balaban J connectivity index is 1.96. The Morgan fingerprint density at radius 1 is 1.59 bits per heavy atom. The molecule has 6 heteroatoms. The molecule has 1 saturated heterocycles. The zero-order chi connectivity index (χ0) is 16.1. The van der Waals surface area contributed by atoms with Crippen LogP contribution in [0.15, 0.2) is 22.7 Å². The minimum Gasteiger partial charge on any atom is -0.480 e. The summed E-state index contributed by atoms with van der Waals surface area (Å²) in [6.07, 6.45) is 1.52. The largest absolute Gasteiger partial charge is 0.480 e. The molecule has 2 rings (SSSR count). The highest BCUT2D eigenvalue weighted by molar-refractivity contribution is 9.10. The third-order valence-electron chi connectivity index (χ3n) is 3.69. The van der Waals surface area contributed by atoms with Crippen molar-refractivity contribution in [2.75, 3.05) is 19.7 Å². The van der Waals surface area contributed by atoms with Crippen molar-refractivity contribution in [3.8, 4) is 5.75 Å². The first-order valence-electron chi connectivity index (χ1n) is 7.53. The van der Waals surface area contributed by atoms with Gasteiger partial charge in [-0.05, 0) is 60.8 Å². The third kappa shape index (κ3) is 4.43. The molecule has 2 atom stereocenters. The van der Waals surface area contributed by atoms with Crippen LogP contribution in [0.1, 0.15) is 26.7 Å². The lowest BCUT2D eigenvalue weighted by atomic mass is 10.2. The Morgan fingerprint density at radius 2 is 2.36 bits per heavy atom. The van der Waals surface area contributed by atoms with E-state index in [1.807, 2.05) is 6.92 Å². The van der Waals surface area contributed by atoms with Crippen LogP contribution < -0.4 is 4.74 Å². The van der Waals surface area contributed by atoms with Crippen LogP contribution in [0.3, 0.4) is 0 Å². The van der Waals surface area contributed by atoms with E-state index in [1.54, 1.807) is 11.8 Å². The molecule has 0 bridgehead atoms. The van der Waals surface area contributed by atoms with Gasteiger partial charge in [-0.25, -0.2) is 4.39 Å². The number of halogens is 2. The van der Waals surface area contributed by atoms with Crippen LogP contribution in [0.25, 0.3) is 0 Å². The third-order valence-corrected chi connectivity index (χ3v) is 4.31. The van der Waals surface area contributed by atoms with Crippen LogP contribution in [0.2, 0.25) is 0 Å². The molecule has 4 nitrogen and oxygen atoms in total. The van der Waals surface area contributed by atoms with Crippen molar-refractivity contribution in [3.63, 3.8) is 0 Å². The quantitative estimate of drug-likeness (QED) is 0.766.